The number of carbonyl (C=O) groups is 1. The molecule has 1 amide bonds. The van der Waals surface area contributed by atoms with Crippen molar-refractivity contribution in [2.45, 2.75) is 19.1 Å². The van der Waals surface area contributed by atoms with Gasteiger partial charge in [-0.1, -0.05) is 26.0 Å². The molecule has 0 radical (unpaired) electrons. The van der Waals surface area contributed by atoms with Crippen LogP contribution in [0.2, 0.25) is 0 Å². The highest BCUT2D eigenvalue weighted by Crippen LogP contribution is 2.22. The highest BCUT2D eigenvalue weighted by Gasteiger charge is 2.18. The lowest BCUT2D eigenvalue weighted by Gasteiger charge is -2.15. The third kappa shape index (κ3) is 3.54. The van der Waals surface area contributed by atoms with E-state index in [0.29, 0.717) is 0 Å². The Morgan fingerprint density at radius 2 is 2.00 bits per heavy atom. The van der Waals surface area contributed by atoms with Gasteiger partial charge in [0.25, 0.3) is 0 Å². The number of thiol groups is 1. The third-order valence-electron chi connectivity index (χ3n) is 2.03. The summed E-state index contributed by atoms with van der Waals surface area (Å²) in [6, 6.07) is 7.52. The maximum Gasteiger partial charge on any atom is 0.237 e. The van der Waals surface area contributed by atoms with Crippen molar-refractivity contribution in [3.63, 3.8) is 0 Å². The van der Waals surface area contributed by atoms with Gasteiger partial charge in [0.05, 0.1) is 10.9 Å². The highest BCUT2D eigenvalue weighted by atomic mass is 79.9. The van der Waals surface area contributed by atoms with Gasteiger partial charge in [-0.05, 0) is 34.0 Å². The van der Waals surface area contributed by atoms with Crippen LogP contribution < -0.4 is 5.32 Å². The van der Waals surface area contributed by atoms with E-state index < -0.39 is 0 Å². The summed E-state index contributed by atoms with van der Waals surface area (Å²) in [5.41, 5.74) is 0.780. The van der Waals surface area contributed by atoms with Crippen LogP contribution in [0.4, 0.5) is 5.69 Å². The van der Waals surface area contributed by atoms with E-state index in [2.05, 4.69) is 33.9 Å². The fourth-order valence-corrected chi connectivity index (χ4v) is 1.52. The predicted octanol–water partition coefficient (Wildman–Crippen LogP) is 3.34. The van der Waals surface area contributed by atoms with Gasteiger partial charge in [0, 0.05) is 4.47 Å². The number of amides is 1. The first-order valence-electron chi connectivity index (χ1n) is 4.76. The van der Waals surface area contributed by atoms with Crippen LogP contribution in [0.5, 0.6) is 0 Å². The summed E-state index contributed by atoms with van der Waals surface area (Å²) in [4.78, 5) is 11.7. The molecule has 1 N–H and O–H groups in total. The van der Waals surface area contributed by atoms with Crippen LogP contribution in [0.25, 0.3) is 0 Å². The predicted molar refractivity (Wildman–Crippen MR) is 70.4 cm³/mol. The number of carbonyl (C=O) groups excluding carboxylic acids is 1. The van der Waals surface area contributed by atoms with Crippen molar-refractivity contribution in [2.24, 2.45) is 5.92 Å². The molecule has 1 unspecified atom stereocenters. The Morgan fingerprint density at radius 1 is 1.40 bits per heavy atom. The largest absolute Gasteiger partial charge is 0.324 e. The van der Waals surface area contributed by atoms with E-state index in [1.807, 2.05) is 38.1 Å². The minimum absolute atomic E-state index is 0.0692. The molecule has 15 heavy (non-hydrogen) atoms. The molecule has 1 atom stereocenters. The van der Waals surface area contributed by atoms with E-state index in [-0.39, 0.29) is 17.1 Å². The zero-order chi connectivity index (χ0) is 11.4. The van der Waals surface area contributed by atoms with Gasteiger partial charge < -0.3 is 5.32 Å². The number of nitrogens with one attached hydrogen (secondary N) is 1. The standard InChI is InChI=1S/C11H14BrNOS/c1-7(2)10(15)11(14)13-9-6-4-3-5-8(9)12/h3-7,10,15H,1-2H3,(H,13,14). The topological polar surface area (TPSA) is 29.1 Å². The molecule has 1 aromatic rings. The molecule has 0 bridgehead atoms. The van der Waals surface area contributed by atoms with Crippen molar-refractivity contribution in [2.75, 3.05) is 5.32 Å². The Balaban J connectivity index is 2.71. The SMILES string of the molecule is CC(C)C(S)C(=O)Nc1ccccc1Br. The molecule has 0 saturated heterocycles. The lowest BCUT2D eigenvalue weighted by molar-refractivity contribution is -0.116. The van der Waals surface area contributed by atoms with Crippen molar-refractivity contribution in [1.82, 2.24) is 0 Å². The van der Waals surface area contributed by atoms with Crippen LogP contribution in [-0.2, 0) is 4.79 Å². The number of hydrogen-bond acceptors (Lipinski definition) is 2. The molecule has 0 aliphatic rings. The molecule has 82 valence electrons. The van der Waals surface area contributed by atoms with Gasteiger partial charge in [0.15, 0.2) is 0 Å². The van der Waals surface area contributed by atoms with E-state index >= 15 is 0 Å². The Morgan fingerprint density at radius 3 is 2.53 bits per heavy atom. The van der Waals surface area contributed by atoms with Crippen molar-refractivity contribution in [3.05, 3.63) is 28.7 Å². The fraction of sp³-hybridized carbons (Fsp3) is 0.364. The maximum atomic E-state index is 11.7. The van der Waals surface area contributed by atoms with Gasteiger partial charge in [-0.3, -0.25) is 4.79 Å². The van der Waals surface area contributed by atoms with Crippen LogP contribution in [0, 0.1) is 5.92 Å². The third-order valence-corrected chi connectivity index (χ3v) is 3.55. The lowest BCUT2D eigenvalue weighted by Crippen LogP contribution is -2.27. The van der Waals surface area contributed by atoms with Crippen LogP contribution in [0.3, 0.4) is 0 Å². The molecule has 0 saturated carbocycles. The van der Waals surface area contributed by atoms with Crippen LogP contribution in [0.1, 0.15) is 13.8 Å². The quantitative estimate of drug-likeness (QED) is 0.821. The number of anilines is 1. The summed E-state index contributed by atoms with van der Waals surface area (Å²) in [6.45, 7) is 3.94. The smallest absolute Gasteiger partial charge is 0.237 e. The molecule has 0 heterocycles. The first kappa shape index (κ1) is 12.6. The summed E-state index contributed by atoms with van der Waals surface area (Å²) in [7, 11) is 0. The number of hydrogen-bond donors (Lipinski definition) is 2. The van der Waals surface area contributed by atoms with Crippen LogP contribution >= 0.6 is 28.6 Å². The molecule has 4 heteroatoms. The first-order valence-corrected chi connectivity index (χ1v) is 6.06. The van der Waals surface area contributed by atoms with Crippen LogP contribution in [-0.4, -0.2) is 11.2 Å². The monoisotopic (exact) mass is 287 g/mol. The summed E-state index contributed by atoms with van der Waals surface area (Å²) in [5, 5.41) is 2.55. The van der Waals surface area contributed by atoms with Gasteiger partial charge in [0.1, 0.15) is 0 Å². The molecule has 0 aliphatic heterocycles. The van der Waals surface area contributed by atoms with Crippen molar-refractivity contribution >= 4 is 40.2 Å². The molecular weight excluding hydrogens is 274 g/mol. The average molecular weight is 288 g/mol. The molecule has 0 spiro atoms. The Kier molecular flexibility index (Phi) is 4.67. The second kappa shape index (κ2) is 5.56. The summed E-state index contributed by atoms with van der Waals surface area (Å²) in [5.74, 6) is 0.149. The van der Waals surface area contributed by atoms with Crippen LogP contribution in [0.15, 0.2) is 28.7 Å². The van der Waals surface area contributed by atoms with E-state index in [0.717, 1.165) is 10.2 Å². The first-order chi connectivity index (χ1) is 7.02. The Hall–Kier alpha value is -0.480. The van der Waals surface area contributed by atoms with Crippen molar-refractivity contribution < 1.29 is 4.79 Å². The molecule has 0 fully saturated rings. The Labute approximate surface area is 104 Å². The molecule has 1 rings (SSSR count). The molecule has 1 aromatic carbocycles. The number of rotatable bonds is 3. The number of halogens is 1. The van der Waals surface area contributed by atoms with Crippen molar-refractivity contribution in [3.8, 4) is 0 Å². The molecule has 0 aromatic heterocycles. The zero-order valence-corrected chi connectivity index (χ0v) is 11.2. The highest BCUT2D eigenvalue weighted by molar-refractivity contribution is 9.10. The summed E-state index contributed by atoms with van der Waals surface area (Å²) >= 11 is 7.63. The molecule has 2 nitrogen and oxygen atoms in total. The number of para-hydroxylation sites is 1. The minimum atomic E-state index is -0.280. The van der Waals surface area contributed by atoms with E-state index in [4.69, 9.17) is 0 Å². The summed E-state index contributed by atoms with van der Waals surface area (Å²) < 4.78 is 0.877. The van der Waals surface area contributed by atoms with Gasteiger partial charge in [-0.15, -0.1) is 0 Å². The van der Waals surface area contributed by atoms with Gasteiger partial charge in [0.2, 0.25) is 5.91 Å². The van der Waals surface area contributed by atoms with Crippen molar-refractivity contribution in [1.29, 1.82) is 0 Å². The van der Waals surface area contributed by atoms with E-state index in [1.54, 1.807) is 0 Å². The van der Waals surface area contributed by atoms with E-state index in [9.17, 15) is 4.79 Å². The fourth-order valence-electron chi connectivity index (χ4n) is 1.07. The number of benzene rings is 1. The molecule has 0 aliphatic carbocycles. The Bertz CT molecular complexity index is 354. The van der Waals surface area contributed by atoms with Gasteiger partial charge in [-0.25, -0.2) is 0 Å². The van der Waals surface area contributed by atoms with Gasteiger partial charge >= 0.3 is 0 Å². The van der Waals surface area contributed by atoms with Gasteiger partial charge in [-0.2, -0.15) is 12.6 Å². The zero-order valence-electron chi connectivity index (χ0n) is 8.70. The van der Waals surface area contributed by atoms with E-state index in [1.165, 1.54) is 0 Å². The molecular formula is C11H14BrNOS. The summed E-state index contributed by atoms with van der Waals surface area (Å²) in [6.07, 6.45) is 0. The second-order valence-corrected chi connectivity index (χ2v) is 5.07. The lowest BCUT2D eigenvalue weighted by atomic mass is 10.1. The average Bonchev–Trinajstić information content (AvgIpc) is 2.20. The maximum absolute atomic E-state index is 11.7. The normalized spacial score (nSPS) is 12.6. The minimum Gasteiger partial charge on any atom is -0.324 e. The second-order valence-electron chi connectivity index (χ2n) is 3.66.